The molecule has 0 atom stereocenters. The number of hydrazone groups is 1. The molecule has 3 rings (SSSR count). The molecule has 0 saturated carbocycles. The van der Waals surface area contributed by atoms with E-state index < -0.39 is 17.7 Å². The van der Waals surface area contributed by atoms with E-state index in [4.69, 9.17) is 0 Å². The fourth-order valence-corrected chi connectivity index (χ4v) is 2.28. The number of para-hydroxylation sites is 1. The molecule has 2 N–H and O–H groups in total. The van der Waals surface area contributed by atoms with Gasteiger partial charge in [-0.3, -0.25) is 14.4 Å². The molecule has 0 aromatic heterocycles. The average Bonchev–Trinajstić information content (AvgIpc) is 2.62. The second-order valence-corrected chi connectivity index (χ2v) is 5.52. The molecule has 1 aliphatic rings. The number of aryl methyl sites for hydroxylation is 1. The van der Waals surface area contributed by atoms with Gasteiger partial charge in [-0.15, -0.1) is 5.10 Å². The van der Waals surface area contributed by atoms with Crippen molar-refractivity contribution < 1.29 is 14.4 Å². The van der Waals surface area contributed by atoms with Gasteiger partial charge in [-0.25, -0.2) is 10.4 Å². The molecule has 3 amide bonds. The molecule has 26 heavy (non-hydrogen) atoms. The van der Waals surface area contributed by atoms with Crippen molar-refractivity contribution in [2.24, 2.45) is 10.1 Å². The monoisotopic (exact) mass is 346 g/mol. The van der Waals surface area contributed by atoms with Crippen LogP contribution in [0.15, 0.2) is 64.2 Å². The first kappa shape index (κ1) is 17.0. The highest BCUT2D eigenvalue weighted by Gasteiger charge is 2.13. The number of amides is 3. The number of carbonyl (C=O) groups is 3. The van der Waals surface area contributed by atoms with Crippen LogP contribution in [-0.2, 0) is 14.4 Å². The van der Waals surface area contributed by atoms with Gasteiger partial charge in [-0.05, 0) is 36.8 Å². The standard InChI is InChI=1S/C19H14N4O3/c1-12-5-4-7-15(9-12)21-18(25)19(26)23-20-11-14-10-13-6-2-3-8-16(13)22-17(14)24/h2-10H,1H3,(H,21,25)(H,23,26). The Labute approximate surface area is 148 Å². The maximum Gasteiger partial charge on any atom is 0.330 e. The summed E-state index contributed by atoms with van der Waals surface area (Å²) in [6, 6.07) is 14.1. The lowest BCUT2D eigenvalue weighted by Gasteiger charge is -2.04. The number of benzene rings is 2. The minimum Gasteiger partial charge on any atom is -0.318 e. The van der Waals surface area contributed by atoms with E-state index in [-0.39, 0.29) is 5.57 Å². The van der Waals surface area contributed by atoms with Gasteiger partial charge in [-0.1, -0.05) is 30.3 Å². The number of nitrogens with zero attached hydrogens (tertiary/aromatic N) is 2. The van der Waals surface area contributed by atoms with Gasteiger partial charge in [0.25, 0.3) is 5.91 Å². The summed E-state index contributed by atoms with van der Waals surface area (Å²) in [4.78, 5) is 39.4. The summed E-state index contributed by atoms with van der Waals surface area (Å²) in [6.45, 7) is 1.87. The number of nitrogens with one attached hydrogen (secondary N) is 2. The van der Waals surface area contributed by atoms with Gasteiger partial charge in [0.1, 0.15) is 5.57 Å². The third kappa shape index (κ3) is 3.98. The van der Waals surface area contributed by atoms with E-state index in [1.165, 1.54) is 0 Å². The highest BCUT2D eigenvalue weighted by Crippen LogP contribution is 2.09. The summed E-state index contributed by atoms with van der Waals surface area (Å²) in [5.74, 6) is 0.0327. The van der Waals surface area contributed by atoms with Crippen molar-refractivity contribution in [3.8, 4) is 0 Å². The zero-order chi connectivity index (χ0) is 18.5. The predicted molar refractivity (Wildman–Crippen MR) is 95.6 cm³/mol. The third-order valence-electron chi connectivity index (χ3n) is 3.50. The highest BCUT2D eigenvalue weighted by molar-refractivity contribution is 6.39. The zero-order valence-electron chi connectivity index (χ0n) is 13.8. The Kier molecular flexibility index (Phi) is 4.83. The van der Waals surface area contributed by atoms with E-state index in [1.807, 2.05) is 24.5 Å². The summed E-state index contributed by atoms with van der Waals surface area (Å²) < 4.78 is 0. The Bertz CT molecular complexity index is 1100. The van der Waals surface area contributed by atoms with Crippen LogP contribution in [-0.4, -0.2) is 23.6 Å². The lowest BCUT2D eigenvalue weighted by molar-refractivity contribution is -0.136. The fraction of sp³-hybridized carbons (Fsp3) is 0.0526. The summed E-state index contributed by atoms with van der Waals surface area (Å²) >= 11 is 0. The van der Waals surface area contributed by atoms with E-state index in [1.54, 1.807) is 42.5 Å². The second-order valence-electron chi connectivity index (χ2n) is 5.52. The minimum atomic E-state index is -0.972. The maximum absolute atomic E-state index is 11.9. The van der Waals surface area contributed by atoms with Crippen molar-refractivity contribution in [3.63, 3.8) is 0 Å². The molecule has 0 unspecified atom stereocenters. The molecule has 2 aromatic carbocycles. The first-order valence-electron chi connectivity index (χ1n) is 7.73. The topological polar surface area (TPSA) is 100.0 Å². The molecule has 0 bridgehead atoms. The van der Waals surface area contributed by atoms with Crippen LogP contribution in [0.1, 0.15) is 5.56 Å². The molecular weight excluding hydrogens is 332 g/mol. The van der Waals surface area contributed by atoms with Crippen molar-refractivity contribution in [1.82, 2.24) is 5.43 Å². The molecular formula is C19H14N4O3. The van der Waals surface area contributed by atoms with Crippen LogP contribution in [0.2, 0.25) is 0 Å². The minimum absolute atomic E-state index is 0.0862. The average molecular weight is 346 g/mol. The van der Waals surface area contributed by atoms with E-state index >= 15 is 0 Å². The Morgan fingerprint density at radius 3 is 2.69 bits per heavy atom. The Hall–Kier alpha value is -3.83. The molecule has 0 radical (unpaired) electrons. The van der Waals surface area contributed by atoms with Gasteiger partial charge in [0, 0.05) is 16.8 Å². The Morgan fingerprint density at radius 2 is 1.88 bits per heavy atom. The van der Waals surface area contributed by atoms with Gasteiger partial charge in [0.05, 0.1) is 5.36 Å². The van der Waals surface area contributed by atoms with Crippen molar-refractivity contribution in [2.75, 3.05) is 5.32 Å². The molecule has 1 heterocycles. The molecule has 7 nitrogen and oxygen atoms in total. The number of fused-ring (bicyclic) bond motifs is 1. The number of hydrogen-bond donors (Lipinski definition) is 2. The summed E-state index contributed by atoms with van der Waals surface area (Å²) in [7, 11) is 0. The Balaban J connectivity index is 1.70. The van der Waals surface area contributed by atoms with Gasteiger partial charge in [0.2, 0.25) is 0 Å². The quantitative estimate of drug-likeness (QED) is 0.352. The van der Waals surface area contributed by atoms with Crippen molar-refractivity contribution in [1.29, 1.82) is 0 Å². The van der Waals surface area contributed by atoms with Crippen LogP contribution >= 0.6 is 0 Å². The maximum atomic E-state index is 11.9. The fourth-order valence-electron chi connectivity index (χ4n) is 2.28. The summed E-state index contributed by atoms with van der Waals surface area (Å²) in [5, 5.41) is 7.30. The van der Waals surface area contributed by atoms with Crippen molar-refractivity contribution in [2.45, 2.75) is 6.92 Å². The van der Waals surface area contributed by atoms with Crippen LogP contribution in [0.5, 0.6) is 0 Å². The lowest BCUT2D eigenvalue weighted by Crippen LogP contribution is -2.32. The van der Waals surface area contributed by atoms with Crippen LogP contribution < -0.4 is 21.3 Å². The Morgan fingerprint density at radius 1 is 1.08 bits per heavy atom. The van der Waals surface area contributed by atoms with Crippen molar-refractivity contribution >= 4 is 35.4 Å². The molecule has 0 saturated heterocycles. The second kappa shape index (κ2) is 7.38. The number of anilines is 1. The molecule has 0 fully saturated rings. The molecule has 0 aliphatic carbocycles. The largest absolute Gasteiger partial charge is 0.330 e. The number of rotatable bonds is 2. The summed E-state index contributed by atoms with van der Waals surface area (Å²) in [6.07, 6.45) is 1.56. The molecule has 128 valence electrons. The van der Waals surface area contributed by atoms with Crippen LogP contribution in [0.3, 0.4) is 0 Å². The van der Waals surface area contributed by atoms with Gasteiger partial charge < -0.3 is 5.32 Å². The smallest absolute Gasteiger partial charge is 0.318 e. The van der Waals surface area contributed by atoms with Crippen LogP contribution in [0.25, 0.3) is 6.08 Å². The number of hydrogen-bond acceptors (Lipinski definition) is 4. The van der Waals surface area contributed by atoms with Crippen LogP contribution in [0, 0.1) is 6.92 Å². The third-order valence-corrected chi connectivity index (χ3v) is 3.50. The SMILES string of the molecule is Cc1cccc(NC(=O)C(=O)NN=C=C2C=c3ccccc3=NC2=O)c1. The normalized spacial score (nSPS) is 12.0. The van der Waals surface area contributed by atoms with Gasteiger partial charge in [0.15, 0.2) is 0 Å². The van der Waals surface area contributed by atoms with E-state index in [0.717, 1.165) is 10.8 Å². The van der Waals surface area contributed by atoms with Gasteiger partial charge in [-0.2, -0.15) is 0 Å². The van der Waals surface area contributed by atoms with Crippen molar-refractivity contribution in [3.05, 3.63) is 70.2 Å². The summed E-state index contributed by atoms with van der Waals surface area (Å²) in [5.41, 5.74) is 3.57. The molecule has 1 aliphatic heterocycles. The highest BCUT2D eigenvalue weighted by atomic mass is 16.2. The first-order valence-corrected chi connectivity index (χ1v) is 7.73. The number of carbonyl (C=O) groups excluding carboxylic acids is 3. The lowest BCUT2D eigenvalue weighted by atomic mass is 10.1. The van der Waals surface area contributed by atoms with E-state index in [2.05, 4.69) is 21.3 Å². The molecule has 2 aromatic rings. The predicted octanol–water partition coefficient (Wildman–Crippen LogP) is 0.201. The van der Waals surface area contributed by atoms with E-state index in [0.29, 0.717) is 11.0 Å². The van der Waals surface area contributed by atoms with Gasteiger partial charge >= 0.3 is 11.8 Å². The molecule has 0 spiro atoms. The van der Waals surface area contributed by atoms with Crippen LogP contribution in [0.4, 0.5) is 5.69 Å². The first-order chi connectivity index (χ1) is 12.5. The molecule has 7 heteroatoms. The zero-order valence-corrected chi connectivity index (χ0v) is 13.8. The van der Waals surface area contributed by atoms with E-state index in [9.17, 15) is 14.4 Å².